The average Bonchev–Trinajstić information content (AvgIpc) is 2.72. The molecule has 2 heterocycles. The summed E-state index contributed by atoms with van der Waals surface area (Å²) in [5, 5.41) is 0. The molecule has 0 saturated carbocycles. The van der Waals surface area contributed by atoms with Gasteiger partial charge in [0, 0.05) is 24.4 Å². The summed E-state index contributed by atoms with van der Waals surface area (Å²) in [7, 11) is 0. The molecule has 4 atom stereocenters. The highest BCUT2D eigenvalue weighted by Gasteiger charge is 2.37. The first-order valence-corrected chi connectivity index (χ1v) is 6.91. The van der Waals surface area contributed by atoms with Gasteiger partial charge in [-0.2, -0.15) is 11.8 Å². The molecule has 2 saturated heterocycles. The molecule has 4 unspecified atom stereocenters. The van der Waals surface area contributed by atoms with Crippen molar-refractivity contribution in [1.29, 1.82) is 0 Å². The molecule has 82 valence electrons. The van der Waals surface area contributed by atoms with Gasteiger partial charge in [0.05, 0.1) is 0 Å². The molecular weight excluding hydrogens is 192 g/mol. The lowest BCUT2D eigenvalue weighted by Gasteiger charge is -2.30. The number of hydrogen-bond acceptors (Lipinski definition) is 3. The van der Waals surface area contributed by atoms with E-state index in [9.17, 15) is 0 Å². The Morgan fingerprint density at radius 2 is 2.14 bits per heavy atom. The van der Waals surface area contributed by atoms with E-state index in [1.165, 1.54) is 24.5 Å². The first-order valence-electron chi connectivity index (χ1n) is 5.76. The van der Waals surface area contributed by atoms with E-state index in [1.807, 2.05) is 0 Å². The Balaban J connectivity index is 1.97. The van der Waals surface area contributed by atoms with Crippen molar-refractivity contribution in [2.75, 3.05) is 24.6 Å². The molecule has 2 aliphatic rings. The van der Waals surface area contributed by atoms with Crippen molar-refractivity contribution in [3.8, 4) is 0 Å². The lowest BCUT2D eigenvalue weighted by Crippen LogP contribution is -2.41. The first-order chi connectivity index (χ1) is 6.72. The minimum atomic E-state index is 0.753. The van der Waals surface area contributed by atoms with Gasteiger partial charge in [-0.25, -0.2) is 0 Å². The highest BCUT2D eigenvalue weighted by Crippen LogP contribution is 2.34. The lowest BCUT2D eigenvalue weighted by atomic mass is 10.0. The fourth-order valence-electron chi connectivity index (χ4n) is 2.88. The normalized spacial score (nSPS) is 44.8. The van der Waals surface area contributed by atoms with Gasteiger partial charge in [-0.05, 0) is 37.5 Å². The zero-order valence-corrected chi connectivity index (χ0v) is 10.1. The zero-order valence-electron chi connectivity index (χ0n) is 9.28. The predicted octanol–water partition coefficient (Wildman–Crippen LogP) is 1.41. The molecule has 3 heteroatoms. The quantitative estimate of drug-likeness (QED) is 0.753. The van der Waals surface area contributed by atoms with Crippen LogP contribution in [0.15, 0.2) is 0 Å². The predicted molar refractivity (Wildman–Crippen MR) is 63.6 cm³/mol. The van der Waals surface area contributed by atoms with E-state index >= 15 is 0 Å². The average molecular weight is 214 g/mol. The summed E-state index contributed by atoms with van der Waals surface area (Å²) in [5.74, 6) is 4.31. The lowest BCUT2D eigenvalue weighted by molar-refractivity contribution is 0.170. The third-order valence-electron chi connectivity index (χ3n) is 3.80. The van der Waals surface area contributed by atoms with Gasteiger partial charge in [0.15, 0.2) is 0 Å². The maximum absolute atomic E-state index is 5.76. The molecule has 0 amide bonds. The van der Waals surface area contributed by atoms with Crippen LogP contribution in [0.1, 0.15) is 20.3 Å². The highest BCUT2D eigenvalue weighted by molar-refractivity contribution is 7.99. The molecule has 0 bridgehead atoms. The molecule has 14 heavy (non-hydrogen) atoms. The summed E-state index contributed by atoms with van der Waals surface area (Å²) in [6.07, 6.45) is 1.31. The van der Waals surface area contributed by atoms with Crippen LogP contribution in [-0.2, 0) is 0 Å². The molecule has 2 nitrogen and oxygen atoms in total. The van der Waals surface area contributed by atoms with Crippen molar-refractivity contribution in [2.45, 2.75) is 32.4 Å². The van der Waals surface area contributed by atoms with Crippen molar-refractivity contribution in [3.63, 3.8) is 0 Å². The summed E-state index contributed by atoms with van der Waals surface area (Å²) >= 11 is 2.12. The van der Waals surface area contributed by atoms with Crippen LogP contribution in [0.4, 0.5) is 0 Å². The number of likely N-dealkylation sites (tertiary alicyclic amines) is 1. The largest absolute Gasteiger partial charge is 0.330 e. The number of nitrogens with two attached hydrogens (primary N) is 1. The SMILES string of the molecule is CC1CSCC1N1CC(CN)CC1C. The smallest absolute Gasteiger partial charge is 0.0222 e. The van der Waals surface area contributed by atoms with E-state index in [0.29, 0.717) is 0 Å². The number of nitrogens with zero attached hydrogens (tertiary/aromatic N) is 1. The molecule has 2 N–H and O–H groups in total. The van der Waals surface area contributed by atoms with Gasteiger partial charge in [0.1, 0.15) is 0 Å². The van der Waals surface area contributed by atoms with Crippen LogP contribution >= 0.6 is 11.8 Å². The highest BCUT2D eigenvalue weighted by atomic mass is 32.2. The third-order valence-corrected chi connectivity index (χ3v) is 5.13. The molecular formula is C11H22N2S. The van der Waals surface area contributed by atoms with Crippen molar-refractivity contribution in [1.82, 2.24) is 4.90 Å². The molecule has 0 aromatic carbocycles. The van der Waals surface area contributed by atoms with Crippen molar-refractivity contribution < 1.29 is 0 Å². The van der Waals surface area contributed by atoms with Crippen LogP contribution in [0.5, 0.6) is 0 Å². The van der Waals surface area contributed by atoms with Gasteiger partial charge in [0.2, 0.25) is 0 Å². The zero-order chi connectivity index (χ0) is 10.1. The van der Waals surface area contributed by atoms with Gasteiger partial charge in [-0.15, -0.1) is 0 Å². The molecule has 0 spiro atoms. The molecule has 0 aromatic heterocycles. The molecule has 0 aliphatic carbocycles. The van der Waals surface area contributed by atoms with E-state index < -0.39 is 0 Å². The minimum Gasteiger partial charge on any atom is -0.330 e. The van der Waals surface area contributed by atoms with Crippen LogP contribution in [-0.4, -0.2) is 41.6 Å². The Morgan fingerprint density at radius 3 is 2.64 bits per heavy atom. The van der Waals surface area contributed by atoms with Crippen molar-refractivity contribution in [3.05, 3.63) is 0 Å². The van der Waals surface area contributed by atoms with E-state index in [1.54, 1.807) is 0 Å². The minimum absolute atomic E-state index is 0.753. The van der Waals surface area contributed by atoms with Gasteiger partial charge >= 0.3 is 0 Å². The third kappa shape index (κ3) is 1.95. The second kappa shape index (κ2) is 4.42. The van der Waals surface area contributed by atoms with Gasteiger partial charge in [0.25, 0.3) is 0 Å². The summed E-state index contributed by atoms with van der Waals surface area (Å²) in [6, 6.07) is 1.58. The van der Waals surface area contributed by atoms with E-state index in [4.69, 9.17) is 5.73 Å². The Morgan fingerprint density at radius 1 is 1.36 bits per heavy atom. The fraction of sp³-hybridized carbons (Fsp3) is 1.00. The monoisotopic (exact) mass is 214 g/mol. The van der Waals surface area contributed by atoms with Crippen molar-refractivity contribution in [2.24, 2.45) is 17.6 Å². The van der Waals surface area contributed by atoms with Crippen LogP contribution in [0, 0.1) is 11.8 Å². The maximum atomic E-state index is 5.76. The molecule has 2 rings (SSSR count). The Hall–Kier alpha value is 0.270. The number of hydrogen-bond donors (Lipinski definition) is 1. The van der Waals surface area contributed by atoms with Gasteiger partial charge < -0.3 is 5.73 Å². The van der Waals surface area contributed by atoms with Crippen LogP contribution < -0.4 is 5.73 Å². The first kappa shape index (κ1) is 10.8. The summed E-state index contributed by atoms with van der Waals surface area (Å²) in [6.45, 7) is 6.88. The molecule has 2 aliphatic heterocycles. The number of rotatable bonds is 2. The Labute approximate surface area is 91.6 Å². The Bertz CT molecular complexity index is 198. The molecule has 0 aromatic rings. The fourth-order valence-corrected chi connectivity index (χ4v) is 4.37. The molecule has 0 radical (unpaired) electrons. The van der Waals surface area contributed by atoms with Crippen LogP contribution in [0.2, 0.25) is 0 Å². The summed E-state index contributed by atoms with van der Waals surface area (Å²) < 4.78 is 0. The Kier molecular flexibility index (Phi) is 3.40. The second-order valence-corrected chi connectivity index (χ2v) is 6.04. The van der Waals surface area contributed by atoms with Crippen LogP contribution in [0.25, 0.3) is 0 Å². The molecule has 2 fully saturated rings. The number of thioether (sulfide) groups is 1. The maximum Gasteiger partial charge on any atom is 0.0222 e. The summed E-state index contributed by atoms with van der Waals surface area (Å²) in [5.41, 5.74) is 5.76. The van der Waals surface area contributed by atoms with Gasteiger partial charge in [-0.1, -0.05) is 6.92 Å². The van der Waals surface area contributed by atoms with Crippen LogP contribution in [0.3, 0.4) is 0 Å². The summed E-state index contributed by atoms with van der Waals surface area (Å²) in [4.78, 5) is 2.71. The second-order valence-electron chi connectivity index (χ2n) is 4.97. The van der Waals surface area contributed by atoms with E-state index in [0.717, 1.165) is 30.5 Å². The topological polar surface area (TPSA) is 29.3 Å². The van der Waals surface area contributed by atoms with Gasteiger partial charge in [-0.3, -0.25) is 4.90 Å². The standard InChI is InChI=1S/C11H22N2S/c1-8-6-14-7-11(8)13-5-10(4-12)3-9(13)2/h8-11H,3-7,12H2,1-2H3. The van der Waals surface area contributed by atoms with E-state index in [2.05, 4.69) is 30.5 Å². The van der Waals surface area contributed by atoms with Crippen molar-refractivity contribution >= 4 is 11.8 Å². The van der Waals surface area contributed by atoms with E-state index in [-0.39, 0.29) is 0 Å².